The number of nitrogens with two attached hydrogens (primary N) is 1. The second-order valence-corrected chi connectivity index (χ2v) is 2.05. The summed E-state index contributed by atoms with van der Waals surface area (Å²) in [6.45, 7) is 3.50. The molecule has 1 heterocycles. The molecule has 1 aliphatic heterocycles. The number of carbonyl (C=O) groups excluding carboxylic acids is 1. The molecule has 1 fully saturated rings. The largest absolute Gasteiger partial charge is 0.370 e. The Hall–Kier alpha value is -0.830. The Morgan fingerprint density at radius 3 is 2.89 bits per heavy atom. The van der Waals surface area contributed by atoms with Crippen molar-refractivity contribution in [1.82, 2.24) is 0 Å². The van der Waals surface area contributed by atoms with Crippen LogP contribution in [0.4, 0.5) is 0 Å². The second-order valence-electron chi connectivity index (χ2n) is 2.05. The first-order valence-corrected chi connectivity index (χ1v) is 2.80. The molecule has 0 aromatic carbocycles. The van der Waals surface area contributed by atoms with Crippen molar-refractivity contribution in [2.24, 2.45) is 5.73 Å². The lowest BCUT2D eigenvalue weighted by Gasteiger charge is -1.83. The Balaban J connectivity index is 2.19. The van der Waals surface area contributed by atoms with Gasteiger partial charge in [-0.2, -0.15) is 0 Å². The van der Waals surface area contributed by atoms with Crippen LogP contribution in [0.3, 0.4) is 0 Å². The molecule has 1 aliphatic rings. The summed E-state index contributed by atoms with van der Waals surface area (Å²) in [6.07, 6.45) is 2.07. The van der Waals surface area contributed by atoms with Gasteiger partial charge in [0.1, 0.15) is 6.10 Å². The van der Waals surface area contributed by atoms with Crippen LogP contribution in [-0.2, 0) is 9.53 Å². The minimum Gasteiger partial charge on any atom is -0.370 e. The number of rotatable bonds is 3. The summed E-state index contributed by atoms with van der Waals surface area (Å²) in [4.78, 5) is 10.2. The number of ether oxygens (including phenoxy) is 1. The van der Waals surface area contributed by atoms with E-state index in [9.17, 15) is 4.79 Å². The van der Waals surface area contributed by atoms with Gasteiger partial charge in [-0.05, 0) is 0 Å². The SMILES string of the molecule is C=CC1OC1CC(N)=O. The van der Waals surface area contributed by atoms with Gasteiger partial charge in [0.15, 0.2) is 0 Å². The average Bonchev–Trinajstić information content (AvgIpc) is 2.45. The first kappa shape index (κ1) is 6.29. The lowest BCUT2D eigenvalue weighted by molar-refractivity contribution is -0.118. The van der Waals surface area contributed by atoms with Crippen molar-refractivity contribution in [3.05, 3.63) is 12.7 Å². The van der Waals surface area contributed by atoms with Crippen molar-refractivity contribution in [1.29, 1.82) is 0 Å². The fraction of sp³-hybridized carbons (Fsp3) is 0.500. The second kappa shape index (κ2) is 2.19. The average molecular weight is 127 g/mol. The van der Waals surface area contributed by atoms with E-state index in [1.54, 1.807) is 6.08 Å². The normalized spacial score (nSPS) is 31.6. The number of hydrogen-bond acceptors (Lipinski definition) is 2. The highest BCUT2D eigenvalue weighted by Crippen LogP contribution is 2.25. The van der Waals surface area contributed by atoms with Crippen LogP contribution >= 0.6 is 0 Å². The van der Waals surface area contributed by atoms with E-state index in [1.807, 2.05) is 0 Å². The summed E-state index contributed by atoms with van der Waals surface area (Å²) in [5, 5.41) is 0. The van der Waals surface area contributed by atoms with Gasteiger partial charge in [-0.1, -0.05) is 6.08 Å². The summed E-state index contributed by atoms with van der Waals surface area (Å²) in [7, 11) is 0. The summed E-state index contributed by atoms with van der Waals surface area (Å²) >= 11 is 0. The quantitative estimate of drug-likeness (QED) is 0.422. The topological polar surface area (TPSA) is 55.6 Å². The van der Waals surface area contributed by atoms with Crippen LogP contribution in [0, 0.1) is 0 Å². The zero-order valence-corrected chi connectivity index (χ0v) is 5.04. The number of carbonyl (C=O) groups is 1. The van der Waals surface area contributed by atoms with E-state index in [1.165, 1.54) is 0 Å². The molecule has 1 rings (SSSR count). The Morgan fingerprint density at radius 1 is 1.89 bits per heavy atom. The molecule has 0 spiro atoms. The lowest BCUT2D eigenvalue weighted by atomic mass is 10.2. The van der Waals surface area contributed by atoms with Crippen LogP contribution < -0.4 is 5.73 Å². The minimum atomic E-state index is -0.315. The molecule has 50 valence electrons. The Kier molecular flexibility index (Phi) is 1.53. The fourth-order valence-corrected chi connectivity index (χ4v) is 0.726. The zero-order chi connectivity index (χ0) is 6.85. The summed E-state index contributed by atoms with van der Waals surface area (Å²) < 4.78 is 4.96. The van der Waals surface area contributed by atoms with Crippen LogP contribution in [0.1, 0.15) is 6.42 Å². The summed E-state index contributed by atoms with van der Waals surface area (Å²) in [5.41, 5.74) is 4.90. The van der Waals surface area contributed by atoms with Crippen LogP contribution in [0.2, 0.25) is 0 Å². The van der Waals surface area contributed by atoms with Gasteiger partial charge >= 0.3 is 0 Å². The number of amides is 1. The fourth-order valence-electron chi connectivity index (χ4n) is 0.726. The molecule has 3 heteroatoms. The zero-order valence-electron chi connectivity index (χ0n) is 5.04. The van der Waals surface area contributed by atoms with Gasteiger partial charge in [0.05, 0.1) is 12.5 Å². The standard InChI is InChI=1S/C6H9NO2/c1-2-4-5(9-4)3-6(7)8/h2,4-5H,1,3H2,(H2,7,8). The Morgan fingerprint density at radius 2 is 2.56 bits per heavy atom. The maximum Gasteiger partial charge on any atom is 0.220 e. The summed E-state index contributed by atoms with van der Waals surface area (Å²) in [6, 6.07) is 0. The van der Waals surface area contributed by atoms with Gasteiger partial charge in [0, 0.05) is 0 Å². The van der Waals surface area contributed by atoms with Gasteiger partial charge in [0.25, 0.3) is 0 Å². The number of epoxide rings is 1. The van der Waals surface area contributed by atoms with Gasteiger partial charge in [-0.3, -0.25) is 4.79 Å². The highest BCUT2D eigenvalue weighted by atomic mass is 16.6. The third-order valence-electron chi connectivity index (χ3n) is 1.26. The minimum absolute atomic E-state index is 0.0139. The molecule has 1 saturated heterocycles. The third-order valence-corrected chi connectivity index (χ3v) is 1.26. The van der Waals surface area contributed by atoms with E-state index in [2.05, 4.69) is 6.58 Å². The Bertz CT molecular complexity index is 144. The van der Waals surface area contributed by atoms with Crippen molar-refractivity contribution in [3.63, 3.8) is 0 Å². The van der Waals surface area contributed by atoms with Gasteiger partial charge in [-0.15, -0.1) is 6.58 Å². The lowest BCUT2D eigenvalue weighted by Crippen LogP contribution is -2.13. The molecule has 0 saturated carbocycles. The van der Waals surface area contributed by atoms with E-state index < -0.39 is 0 Å². The van der Waals surface area contributed by atoms with Gasteiger partial charge in [-0.25, -0.2) is 0 Å². The van der Waals surface area contributed by atoms with Crippen LogP contribution in [0.15, 0.2) is 12.7 Å². The smallest absolute Gasteiger partial charge is 0.220 e. The van der Waals surface area contributed by atoms with E-state index in [4.69, 9.17) is 10.5 Å². The molecule has 1 amide bonds. The number of hydrogen-bond donors (Lipinski definition) is 1. The van der Waals surface area contributed by atoms with Gasteiger partial charge < -0.3 is 10.5 Å². The monoisotopic (exact) mass is 127 g/mol. The van der Waals surface area contributed by atoms with Crippen molar-refractivity contribution < 1.29 is 9.53 Å². The van der Waals surface area contributed by atoms with Crippen molar-refractivity contribution in [2.45, 2.75) is 18.6 Å². The maximum absolute atomic E-state index is 10.2. The number of primary amides is 1. The van der Waals surface area contributed by atoms with Crippen LogP contribution in [-0.4, -0.2) is 18.1 Å². The van der Waals surface area contributed by atoms with Gasteiger partial charge in [0.2, 0.25) is 5.91 Å². The maximum atomic E-state index is 10.2. The molecular weight excluding hydrogens is 118 g/mol. The molecule has 0 aromatic heterocycles. The molecule has 0 aliphatic carbocycles. The van der Waals surface area contributed by atoms with E-state index >= 15 is 0 Å². The summed E-state index contributed by atoms with van der Waals surface area (Å²) in [5.74, 6) is -0.315. The highest BCUT2D eigenvalue weighted by Gasteiger charge is 2.36. The first-order valence-electron chi connectivity index (χ1n) is 2.80. The molecule has 2 unspecified atom stereocenters. The van der Waals surface area contributed by atoms with E-state index in [-0.39, 0.29) is 18.1 Å². The predicted molar refractivity (Wildman–Crippen MR) is 32.7 cm³/mol. The van der Waals surface area contributed by atoms with Crippen molar-refractivity contribution >= 4 is 5.91 Å². The molecule has 0 aromatic rings. The molecule has 0 bridgehead atoms. The molecule has 2 N–H and O–H groups in total. The third kappa shape index (κ3) is 1.54. The van der Waals surface area contributed by atoms with Crippen LogP contribution in [0.5, 0.6) is 0 Å². The highest BCUT2D eigenvalue weighted by molar-refractivity contribution is 5.74. The van der Waals surface area contributed by atoms with E-state index in [0.29, 0.717) is 6.42 Å². The Labute approximate surface area is 53.5 Å². The molecule has 3 nitrogen and oxygen atoms in total. The molecule has 0 radical (unpaired) electrons. The van der Waals surface area contributed by atoms with Crippen LogP contribution in [0.25, 0.3) is 0 Å². The molecule has 2 atom stereocenters. The van der Waals surface area contributed by atoms with Crippen molar-refractivity contribution in [2.75, 3.05) is 0 Å². The first-order chi connectivity index (χ1) is 4.24. The molecular formula is C6H9NO2. The predicted octanol–water partition coefficient (Wildman–Crippen LogP) is -0.185. The van der Waals surface area contributed by atoms with Crippen molar-refractivity contribution in [3.8, 4) is 0 Å². The molecule has 9 heavy (non-hydrogen) atoms. The van der Waals surface area contributed by atoms with E-state index in [0.717, 1.165) is 0 Å².